The standard InChI is InChI=1S/C17H12N2/c1-3-7-16-14(5-1)12(10-18-16)9-13-11-19-17-8-4-2-6-15(13)17/h1-11,18H/p+1. The molecule has 0 unspecified atom stereocenters. The number of para-hydroxylation sites is 2. The number of rotatable bonds is 1. The SMILES string of the molecule is C1=[NH+]c2ccccc2C1=Cc1c[nH]c2ccccc12. The maximum atomic E-state index is 3.31. The highest BCUT2D eigenvalue weighted by Gasteiger charge is 2.17. The van der Waals surface area contributed by atoms with Crippen molar-refractivity contribution in [1.29, 1.82) is 0 Å². The van der Waals surface area contributed by atoms with Crippen LogP contribution in [-0.4, -0.2) is 11.2 Å². The quantitative estimate of drug-likeness (QED) is 0.660. The minimum Gasteiger partial charge on any atom is -0.361 e. The lowest BCUT2D eigenvalue weighted by Gasteiger charge is -1.95. The monoisotopic (exact) mass is 245 g/mol. The summed E-state index contributed by atoms with van der Waals surface area (Å²) in [6.07, 6.45) is 6.34. The molecule has 2 N–H and O–H groups in total. The number of benzene rings is 2. The van der Waals surface area contributed by atoms with Gasteiger partial charge in [0, 0.05) is 28.7 Å². The van der Waals surface area contributed by atoms with E-state index < -0.39 is 0 Å². The van der Waals surface area contributed by atoms with E-state index in [1.54, 1.807) is 0 Å². The molecule has 2 heterocycles. The summed E-state index contributed by atoms with van der Waals surface area (Å²) in [5, 5.41) is 1.26. The topological polar surface area (TPSA) is 29.8 Å². The molecule has 3 aromatic rings. The molecule has 2 heteroatoms. The molecule has 0 saturated heterocycles. The number of allylic oxidation sites excluding steroid dienone is 1. The Morgan fingerprint density at radius 2 is 1.79 bits per heavy atom. The molecule has 1 aromatic heterocycles. The summed E-state index contributed by atoms with van der Waals surface area (Å²) in [4.78, 5) is 6.61. The van der Waals surface area contributed by atoms with Crippen LogP contribution in [0.25, 0.3) is 22.6 Å². The van der Waals surface area contributed by atoms with E-state index in [-0.39, 0.29) is 0 Å². The largest absolute Gasteiger partial charge is 0.361 e. The van der Waals surface area contributed by atoms with Crippen LogP contribution in [0.3, 0.4) is 0 Å². The first-order chi connectivity index (χ1) is 9.42. The zero-order chi connectivity index (χ0) is 12.7. The van der Waals surface area contributed by atoms with Crippen LogP contribution in [0.4, 0.5) is 5.69 Å². The van der Waals surface area contributed by atoms with Crippen molar-refractivity contribution in [1.82, 2.24) is 4.98 Å². The Labute approximate surface area is 111 Å². The number of aromatic amines is 1. The smallest absolute Gasteiger partial charge is 0.211 e. The van der Waals surface area contributed by atoms with Crippen LogP contribution in [0, 0.1) is 0 Å². The highest BCUT2D eigenvalue weighted by Crippen LogP contribution is 2.26. The average Bonchev–Trinajstić information content (AvgIpc) is 3.05. The molecular formula is C17H13N2+. The van der Waals surface area contributed by atoms with E-state index in [4.69, 9.17) is 0 Å². The van der Waals surface area contributed by atoms with Crippen molar-refractivity contribution in [2.45, 2.75) is 0 Å². The summed E-state index contributed by atoms with van der Waals surface area (Å²) in [6, 6.07) is 16.7. The number of nitrogens with one attached hydrogen (secondary N) is 2. The van der Waals surface area contributed by atoms with Gasteiger partial charge in [0.2, 0.25) is 5.69 Å². The van der Waals surface area contributed by atoms with Crippen LogP contribution in [0.15, 0.2) is 54.7 Å². The lowest BCUT2D eigenvalue weighted by Crippen LogP contribution is -2.58. The van der Waals surface area contributed by atoms with Gasteiger partial charge in [0.1, 0.15) is 0 Å². The fourth-order valence-corrected chi connectivity index (χ4v) is 2.59. The lowest BCUT2D eigenvalue weighted by atomic mass is 10.0. The zero-order valence-electron chi connectivity index (χ0n) is 10.4. The maximum Gasteiger partial charge on any atom is 0.211 e. The Morgan fingerprint density at radius 1 is 0.947 bits per heavy atom. The average molecular weight is 245 g/mol. The van der Waals surface area contributed by atoms with E-state index in [9.17, 15) is 0 Å². The molecular weight excluding hydrogens is 232 g/mol. The highest BCUT2D eigenvalue weighted by molar-refractivity contribution is 6.18. The van der Waals surface area contributed by atoms with Crippen molar-refractivity contribution in [3.63, 3.8) is 0 Å². The number of hydrogen-bond acceptors (Lipinski definition) is 0. The molecule has 2 aromatic carbocycles. The minimum atomic E-state index is 1.17. The molecule has 0 radical (unpaired) electrons. The van der Waals surface area contributed by atoms with Crippen LogP contribution in [0.1, 0.15) is 11.1 Å². The summed E-state index contributed by atoms with van der Waals surface area (Å²) in [5.74, 6) is 0. The van der Waals surface area contributed by atoms with Gasteiger partial charge < -0.3 is 4.98 Å². The van der Waals surface area contributed by atoms with Crippen molar-refractivity contribution < 1.29 is 4.99 Å². The molecule has 0 amide bonds. The predicted molar refractivity (Wildman–Crippen MR) is 79.3 cm³/mol. The second-order valence-electron chi connectivity index (χ2n) is 4.72. The van der Waals surface area contributed by atoms with Gasteiger partial charge in [-0.15, -0.1) is 0 Å². The van der Waals surface area contributed by atoms with Gasteiger partial charge in [-0.05, 0) is 18.2 Å². The second kappa shape index (κ2) is 3.95. The molecule has 0 spiro atoms. The van der Waals surface area contributed by atoms with Gasteiger partial charge in [0.15, 0.2) is 6.21 Å². The zero-order valence-corrected chi connectivity index (χ0v) is 10.4. The van der Waals surface area contributed by atoms with E-state index in [0.717, 1.165) is 0 Å². The molecule has 0 fully saturated rings. The summed E-state index contributed by atoms with van der Waals surface area (Å²) in [6.45, 7) is 0. The first-order valence-corrected chi connectivity index (χ1v) is 6.39. The minimum absolute atomic E-state index is 1.17. The highest BCUT2D eigenvalue weighted by atomic mass is 14.8. The molecule has 0 atom stereocenters. The van der Waals surface area contributed by atoms with Crippen molar-refractivity contribution in [2.24, 2.45) is 0 Å². The Balaban J connectivity index is 1.88. The lowest BCUT2D eigenvalue weighted by molar-refractivity contribution is -0.342. The Hall–Kier alpha value is -2.61. The maximum absolute atomic E-state index is 3.31. The van der Waals surface area contributed by atoms with Crippen molar-refractivity contribution in [3.05, 3.63) is 65.9 Å². The number of H-pyrrole nitrogens is 1. The third-order valence-corrected chi connectivity index (χ3v) is 3.55. The van der Waals surface area contributed by atoms with Gasteiger partial charge in [-0.25, -0.2) is 4.99 Å². The van der Waals surface area contributed by atoms with Crippen LogP contribution in [0.5, 0.6) is 0 Å². The first-order valence-electron chi connectivity index (χ1n) is 6.39. The van der Waals surface area contributed by atoms with Crippen LogP contribution in [0.2, 0.25) is 0 Å². The second-order valence-corrected chi connectivity index (χ2v) is 4.72. The van der Waals surface area contributed by atoms with Crippen molar-refractivity contribution in [2.75, 3.05) is 0 Å². The molecule has 0 saturated carbocycles. The van der Waals surface area contributed by atoms with Gasteiger partial charge in [0.25, 0.3) is 0 Å². The molecule has 1 aliphatic rings. The molecule has 2 nitrogen and oxygen atoms in total. The summed E-state index contributed by atoms with van der Waals surface area (Å²) in [7, 11) is 0. The van der Waals surface area contributed by atoms with E-state index in [1.165, 1.54) is 33.3 Å². The summed E-state index contributed by atoms with van der Waals surface area (Å²) < 4.78 is 0. The van der Waals surface area contributed by atoms with Gasteiger partial charge in [-0.1, -0.05) is 30.3 Å². The van der Waals surface area contributed by atoms with Gasteiger partial charge in [0.05, 0.1) is 11.1 Å². The summed E-state index contributed by atoms with van der Waals surface area (Å²) in [5.41, 5.74) is 6.05. The number of hydrogen-bond donors (Lipinski definition) is 2. The fraction of sp³-hybridized carbons (Fsp3) is 0. The Bertz CT molecular complexity index is 822. The Kier molecular flexibility index (Phi) is 2.15. The van der Waals surface area contributed by atoms with Crippen LogP contribution < -0.4 is 4.99 Å². The van der Waals surface area contributed by atoms with E-state index in [1.807, 2.05) is 12.1 Å². The number of fused-ring (bicyclic) bond motifs is 2. The molecule has 19 heavy (non-hydrogen) atoms. The number of aromatic nitrogens is 1. The first kappa shape index (κ1) is 10.3. The van der Waals surface area contributed by atoms with E-state index >= 15 is 0 Å². The molecule has 90 valence electrons. The summed E-state index contributed by atoms with van der Waals surface area (Å²) >= 11 is 0. The Morgan fingerprint density at radius 3 is 2.79 bits per heavy atom. The predicted octanol–water partition coefficient (Wildman–Crippen LogP) is 2.50. The van der Waals surface area contributed by atoms with Crippen molar-refractivity contribution >= 4 is 34.5 Å². The van der Waals surface area contributed by atoms with Crippen LogP contribution in [-0.2, 0) is 0 Å². The van der Waals surface area contributed by atoms with E-state index in [2.05, 4.69) is 64.9 Å². The molecule has 0 aliphatic carbocycles. The van der Waals surface area contributed by atoms with Crippen LogP contribution >= 0.6 is 0 Å². The third-order valence-electron chi connectivity index (χ3n) is 3.55. The van der Waals surface area contributed by atoms with Gasteiger partial charge >= 0.3 is 0 Å². The molecule has 1 aliphatic heterocycles. The van der Waals surface area contributed by atoms with Crippen molar-refractivity contribution in [3.8, 4) is 0 Å². The molecule has 0 bridgehead atoms. The normalized spacial score (nSPS) is 15.3. The van der Waals surface area contributed by atoms with Gasteiger partial charge in [-0.3, -0.25) is 0 Å². The fourth-order valence-electron chi connectivity index (χ4n) is 2.59. The molecule has 4 rings (SSSR count). The van der Waals surface area contributed by atoms with Gasteiger partial charge in [-0.2, -0.15) is 0 Å². The van der Waals surface area contributed by atoms with E-state index in [0.29, 0.717) is 0 Å². The third kappa shape index (κ3) is 1.61.